The highest BCUT2D eigenvalue weighted by atomic mass is 35.5. The highest BCUT2D eigenvalue weighted by Crippen LogP contribution is 2.32. The summed E-state index contributed by atoms with van der Waals surface area (Å²) < 4.78 is 7.02. The zero-order valence-corrected chi connectivity index (χ0v) is 11.8. The van der Waals surface area contributed by atoms with Crippen LogP contribution in [0.3, 0.4) is 0 Å². The van der Waals surface area contributed by atoms with Crippen LogP contribution in [0.5, 0.6) is 0 Å². The first kappa shape index (κ1) is 13.5. The smallest absolute Gasteiger partial charge is 0.198 e. The molecule has 0 aliphatic rings. The molecule has 98 valence electrons. The van der Waals surface area contributed by atoms with E-state index in [1.54, 1.807) is 12.5 Å². The minimum absolute atomic E-state index is 0.115. The summed E-state index contributed by atoms with van der Waals surface area (Å²) >= 11 is 12.3. The summed E-state index contributed by atoms with van der Waals surface area (Å²) in [5, 5.41) is 8.60. The molecule has 0 saturated carbocycles. The van der Waals surface area contributed by atoms with Gasteiger partial charge in [0.2, 0.25) is 0 Å². The first-order valence-corrected chi connectivity index (χ1v) is 6.62. The highest BCUT2D eigenvalue weighted by Gasteiger charge is 2.24. The maximum absolute atomic E-state index is 6.23. The Morgan fingerprint density at radius 1 is 1.44 bits per heavy atom. The van der Waals surface area contributed by atoms with Crippen molar-refractivity contribution < 1.29 is 4.42 Å². The van der Waals surface area contributed by atoms with E-state index in [0.29, 0.717) is 10.2 Å². The number of nitrogens with one attached hydrogen (secondary N) is 1. The maximum Gasteiger partial charge on any atom is 0.198 e. The van der Waals surface area contributed by atoms with Gasteiger partial charge < -0.3 is 9.73 Å². The number of hydrogen-bond donors (Lipinski definition) is 1. The Morgan fingerprint density at radius 2 is 2.22 bits per heavy atom. The molecule has 2 heterocycles. The van der Waals surface area contributed by atoms with Gasteiger partial charge in [0, 0.05) is 12.1 Å². The molecule has 18 heavy (non-hydrogen) atoms. The molecule has 6 heteroatoms. The Labute approximate surface area is 116 Å². The number of nitrogens with zero attached hydrogens (tertiary/aromatic N) is 2. The predicted octanol–water partition coefficient (Wildman–Crippen LogP) is 3.50. The highest BCUT2D eigenvalue weighted by molar-refractivity contribution is 6.31. The van der Waals surface area contributed by atoms with Gasteiger partial charge in [-0.05, 0) is 31.1 Å². The lowest BCUT2D eigenvalue weighted by molar-refractivity contribution is 0.527. The van der Waals surface area contributed by atoms with Crippen molar-refractivity contribution in [1.29, 1.82) is 0 Å². The van der Waals surface area contributed by atoms with E-state index in [1.807, 2.05) is 24.6 Å². The van der Waals surface area contributed by atoms with E-state index < -0.39 is 0 Å². The zero-order valence-electron chi connectivity index (χ0n) is 10.3. The molecule has 2 aromatic rings. The van der Waals surface area contributed by atoms with Crippen molar-refractivity contribution in [2.75, 3.05) is 6.54 Å². The van der Waals surface area contributed by atoms with E-state index in [9.17, 15) is 0 Å². The fourth-order valence-electron chi connectivity index (χ4n) is 1.98. The fourth-order valence-corrected chi connectivity index (χ4v) is 2.45. The van der Waals surface area contributed by atoms with Crippen LogP contribution in [0.2, 0.25) is 10.2 Å². The number of aromatic nitrogens is 2. The van der Waals surface area contributed by atoms with Gasteiger partial charge in [-0.2, -0.15) is 5.10 Å². The van der Waals surface area contributed by atoms with E-state index in [4.69, 9.17) is 27.6 Å². The van der Waals surface area contributed by atoms with Crippen molar-refractivity contribution >= 4 is 23.2 Å². The van der Waals surface area contributed by atoms with Gasteiger partial charge in [0.1, 0.15) is 0 Å². The fraction of sp³-hybridized carbons (Fsp3) is 0.417. The second kappa shape index (κ2) is 5.78. The quantitative estimate of drug-likeness (QED) is 0.915. The molecule has 0 fully saturated rings. The van der Waals surface area contributed by atoms with Gasteiger partial charge in [0.25, 0.3) is 0 Å². The summed E-state index contributed by atoms with van der Waals surface area (Å²) in [4.78, 5) is 0. The molecule has 0 aliphatic heterocycles. The van der Waals surface area contributed by atoms with Gasteiger partial charge in [-0.15, -0.1) is 0 Å². The molecule has 2 rings (SSSR count). The molecule has 0 radical (unpaired) electrons. The normalized spacial score (nSPS) is 12.9. The minimum Gasteiger partial charge on any atom is -0.453 e. The van der Waals surface area contributed by atoms with Crippen LogP contribution in [-0.4, -0.2) is 16.3 Å². The molecule has 0 spiro atoms. The molecule has 0 bridgehead atoms. The number of rotatable bonds is 5. The number of aryl methyl sites for hydroxylation is 1. The van der Waals surface area contributed by atoms with Gasteiger partial charge >= 0.3 is 0 Å². The van der Waals surface area contributed by atoms with Crippen LogP contribution in [0.4, 0.5) is 0 Å². The molecule has 0 aliphatic carbocycles. The van der Waals surface area contributed by atoms with Gasteiger partial charge in [-0.3, -0.25) is 4.68 Å². The third-order valence-electron chi connectivity index (χ3n) is 2.77. The van der Waals surface area contributed by atoms with E-state index in [1.165, 1.54) is 0 Å². The molecule has 2 aromatic heterocycles. The Balaban J connectivity index is 2.47. The van der Waals surface area contributed by atoms with Crippen LogP contribution in [-0.2, 0) is 6.54 Å². The average Bonchev–Trinajstić information content (AvgIpc) is 2.93. The second-order valence-corrected chi connectivity index (χ2v) is 4.58. The molecule has 1 unspecified atom stereocenters. The van der Waals surface area contributed by atoms with Crippen LogP contribution in [0.25, 0.3) is 0 Å². The monoisotopic (exact) mass is 287 g/mol. The Bertz CT molecular complexity index is 521. The van der Waals surface area contributed by atoms with Crippen LogP contribution < -0.4 is 5.32 Å². The van der Waals surface area contributed by atoms with Crippen molar-refractivity contribution in [1.82, 2.24) is 15.1 Å². The predicted molar refractivity (Wildman–Crippen MR) is 72.1 cm³/mol. The first-order valence-electron chi connectivity index (χ1n) is 5.86. The number of hydrogen-bond acceptors (Lipinski definition) is 3. The summed E-state index contributed by atoms with van der Waals surface area (Å²) in [7, 11) is 0. The number of halogens is 2. The van der Waals surface area contributed by atoms with Gasteiger partial charge in [-0.25, -0.2) is 0 Å². The number of furan rings is 1. The standard InChI is InChI=1S/C12H15Cl2N3O/c1-3-15-10(8-5-6-18-12(8)14)11-9(13)7-16-17(11)4-2/h5-7,10,15H,3-4H2,1-2H3. The average molecular weight is 288 g/mol. The Morgan fingerprint density at radius 3 is 2.78 bits per heavy atom. The third kappa shape index (κ3) is 2.41. The summed E-state index contributed by atoms with van der Waals surface area (Å²) in [6.45, 7) is 5.59. The van der Waals surface area contributed by atoms with E-state index >= 15 is 0 Å². The molecule has 0 saturated heterocycles. The van der Waals surface area contributed by atoms with Gasteiger partial charge in [0.05, 0.1) is 29.2 Å². The van der Waals surface area contributed by atoms with E-state index in [0.717, 1.165) is 24.3 Å². The molecule has 1 N–H and O–H groups in total. The second-order valence-electron chi connectivity index (χ2n) is 3.83. The largest absolute Gasteiger partial charge is 0.453 e. The van der Waals surface area contributed by atoms with Crippen molar-refractivity contribution in [2.45, 2.75) is 26.4 Å². The van der Waals surface area contributed by atoms with E-state index in [2.05, 4.69) is 10.4 Å². The SMILES string of the molecule is CCNC(c1ccoc1Cl)c1c(Cl)cnn1CC. The molecular formula is C12H15Cl2N3O. The van der Waals surface area contributed by atoms with Crippen molar-refractivity contribution in [3.8, 4) is 0 Å². The summed E-state index contributed by atoms with van der Waals surface area (Å²) in [6.07, 6.45) is 3.22. The lowest BCUT2D eigenvalue weighted by atomic mass is 10.1. The van der Waals surface area contributed by atoms with Gasteiger partial charge in [0.15, 0.2) is 5.22 Å². The van der Waals surface area contributed by atoms with Crippen molar-refractivity contribution in [3.05, 3.63) is 40.0 Å². The van der Waals surface area contributed by atoms with Crippen molar-refractivity contribution in [3.63, 3.8) is 0 Å². The maximum atomic E-state index is 6.23. The third-order valence-corrected chi connectivity index (χ3v) is 3.37. The van der Waals surface area contributed by atoms with E-state index in [-0.39, 0.29) is 6.04 Å². The van der Waals surface area contributed by atoms with Crippen LogP contribution in [0.15, 0.2) is 22.9 Å². The molecular weight excluding hydrogens is 273 g/mol. The summed E-state index contributed by atoms with van der Waals surface area (Å²) in [6, 6.07) is 1.73. The van der Waals surface area contributed by atoms with Crippen LogP contribution >= 0.6 is 23.2 Å². The van der Waals surface area contributed by atoms with Gasteiger partial charge in [-0.1, -0.05) is 18.5 Å². The zero-order chi connectivity index (χ0) is 13.1. The van der Waals surface area contributed by atoms with Crippen LogP contribution in [0, 0.1) is 0 Å². The molecule has 0 amide bonds. The Hall–Kier alpha value is -0.970. The summed E-state index contributed by atoms with van der Waals surface area (Å²) in [5.41, 5.74) is 1.78. The lowest BCUT2D eigenvalue weighted by Gasteiger charge is -2.18. The molecule has 1 atom stereocenters. The molecule has 0 aromatic carbocycles. The Kier molecular flexibility index (Phi) is 4.32. The lowest BCUT2D eigenvalue weighted by Crippen LogP contribution is -2.25. The van der Waals surface area contributed by atoms with Crippen molar-refractivity contribution in [2.24, 2.45) is 0 Å². The molecule has 4 nitrogen and oxygen atoms in total. The summed E-state index contributed by atoms with van der Waals surface area (Å²) in [5.74, 6) is 0. The first-order chi connectivity index (χ1) is 8.69. The van der Waals surface area contributed by atoms with Crippen LogP contribution in [0.1, 0.15) is 31.1 Å². The topological polar surface area (TPSA) is 43.0 Å². The minimum atomic E-state index is -0.115.